The molecule has 1 amide bonds. The molecule has 2 aliphatic rings. The summed E-state index contributed by atoms with van der Waals surface area (Å²) in [5.74, 6) is 1.49. The number of fused-ring (bicyclic) bond motifs is 2. The topological polar surface area (TPSA) is 48.0 Å². The van der Waals surface area contributed by atoms with Gasteiger partial charge in [0.15, 0.2) is 0 Å². The van der Waals surface area contributed by atoms with Crippen molar-refractivity contribution >= 4 is 5.91 Å². The van der Waals surface area contributed by atoms with Gasteiger partial charge in [-0.25, -0.2) is 0 Å². The molecule has 0 unspecified atom stereocenters. The molecule has 152 valence electrons. The van der Waals surface area contributed by atoms with Gasteiger partial charge in [0.2, 0.25) is 0 Å². The zero-order chi connectivity index (χ0) is 20.3. The van der Waals surface area contributed by atoms with Crippen molar-refractivity contribution in [2.24, 2.45) is 0 Å². The van der Waals surface area contributed by atoms with Gasteiger partial charge in [-0.05, 0) is 54.7 Å². The molecule has 2 aliphatic heterocycles. The third-order valence-electron chi connectivity index (χ3n) is 5.89. The summed E-state index contributed by atoms with van der Waals surface area (Å²) in [5.41, 5.74) is 2.82. The molecule has 0 N–H and O–H groups in total. The van der Waals surface area contributed by atoms with Gasteiger partial charge in [0.05, 0.1) is 24.9 Å². The van der Waals surface area contributed by atoms with Gasteiger partial charge in [0.25, 0.3) is 5.91 Å². The Kier molecular flexibility index (Phi) is 5.58. The van der Waals surface area contributed by atoms with E-state index in [1.165, 1.54) is 11.1 Å². The monoisotopic (exact) mass is 393 g/mol. The molecule has 0 aromatic heterocycles. The van der Waals surface area contributed by atoms with Crippen molar-refractivity contribution in [3.63, 3.8) is 0 Å². The first-order valence-electron chi connectivity index (χ1n) is 10.1. The molecule has 1 spiro atoms. The summed E-state index contributed by atoms with van der Waals surface area (Å²) in [5, 5.41) is 0. The maximum Gasteiger partial charge on any atom is 0.257 e. The highest BCUT2D eigenvalue weighted by Gasteiger charge is 2.42. The van der Waals surface area contributed by atoms with Crippen molar-refractivity contribution in [1.29, 1.82) is 0 Å². The van der Waals surface area contributed by atoms with Gasteiger partial charge < -0.3 is 19.1 Å². The molecule has 0 radical (unpaired) electrons. The average Bonchev–Trinajstić information content (AvgIpc) is 2.78. The predicted octanol–water partition coefficient (Wildman–Crippen LogP) is 3.96. The fourth-order valence-corrected chi connectivity index (χ4v) is 4.36. The number of amides is 1. The van der Waals surface area contributed by atoms with Crippen LogP contribution in [0.25, 0.3) is 0 Å². The third-order valence-corrected chi connectivity index (χ3v) is 5.89. The molecule has 0 aliphatic carbocycles. The van der Waals surface area contributed by atoms with E-state index in [1.54, 1.807) is 13.2 Å². The lowest BCUT2D eigenvalue weighted by atomic mass is 9.79. The summed E-state index contributed by atoms with van der Waals surface area (Å²) in [6.07, 6.45) is 4.14. The highest BCUT2D eigenvalue weighted by molar-refractivity contribution is 5.97. The normalized spacial score (nSPS) is 17.5. The first-order chi connectivity index (χ1) is 14.2. The predicted molar refractivity (Wildman–Crippen MR) is 112 cm³/mol. The SMILES string of the molecule is C=CCOc1ccccc1C(=O)N1CCC2(CC1)OCCc1cc(OC)ccc12. The van der Waals surface area contributed by atoms with Crippen molar-refractivity contribution in [3.05, 3.63) is 71.8 Å². The first kappa shape index (κ1) is 19.5. The van der Waals surface area contributed by atoms with Crippen LogP contribution in [0.15, 0.2) is 55.1 Å². The Morgan fingerprint density at radius 1 is 1.24 bits per heavy atom. The van der Waals surface area contributed by atoms with Gasteiger partial charge in [-0.1, -0.05) is 30.9 Å². The molecule has 5 heteroatoms. The Morgan fingerprint density at radius 3 is 2.79 bits per heavy atom. The number of methoxy groups -OCH3 is 1. The molecule has 4 rings (SSSR count). The van der Waals surface area contributed by atoms with Crippen LogP contribution in [0.1, 0.15) is 34.3 Å². The summed E-state index contributed by atoms with van der Waals surface area (Å²) < 4.78 is 17.4. The fourth-order valence-electron chi connectivity index (χ4n) is 4.36. The first-order valence-corrected chi connectivity index (χ1v) is 10.1. The van der Waals surface area contributed by atoms with Crippen LogP contribution in [0.4, 0.5) is 0 Å². The summed E-state index contributed by atoms with van der Waals surface area (Å²) in [6.45, 7) is 6.06. The van der Waals surface area contributed by atoms with E-state index in [9.17, 15) is 4.79 Å². The molecule has 0 atom stereocenters. The molecule has 5 nitrogen and oxygen atoms in total. The average molecular weight is 393 g/mol. The van der Waals surface area contributed by atoms with E-state index < -0.39 is 0 Å². The number of hydrogen-bond acceptors (Lipinski definition) is 4. The van der Waals surface area contributed by atoms with Crippen LogP contribution in [0.5, 0.6) is 11.5 Å². The van der Waals surface area contributed by atoms with E-state index in [0.717, 1.165) is 25.0 Å². The van der Waals surface area contributed by atoms with Gasteiger partial charge in [0, 0.05) is 13.1 Å². The van der Waals surface area contributed by atoms with Gasteiger partial charge in [-0.3, -0.25) is 4.79 Å². The maximum absolute atomic E-state index is 13.1. The molecule has 1 fully saturated rings. The number of likely N-dealkylation sites (tertiary alicyclic amines) is 1. The Bertz CT molecular complexity index is 900. The Hall–Kier alpha value is -2.79. The van der Waals surface area contributed by atoms with Crippen molar-refractivity contribution in [3.8, 4) is 11.5 Å². The number of carbonyl (C=O) groups is 1. The zero-order valence-corrected chi connectivity index (χ0v) is 16.9. The van der Waals surface area contributed by atoms with Crippen LogP contribution < -0.4 is 9.47 Å². The standard InChI is InChI=1S/C24H27NO4/c1-3-15-28-22-7-5-4-6-20(22)23(26)25-13-11-24(12-14-25)21-9-8-19(27-2)17-18(21)10-16-29-24/h3-9,17H,1,10-16H2,2H3. The summed E-state index contributed by atoms with van der Waals surface area (Å²) in [4.78, 5) is 15.1. The summed E-state index contributed by atoms with van der Waals surface area (Å²) in [7, 11) is 1.69. The molecule has 2 aromatic carbocycles. The summed E-state index contributed by atoms with van der Waals surface area (Å²) in [6, 6.07) is 13.6. The van der Waals surface area contributed by atoms with E-state index in [2.05, 4.69) is 18.7 Å². The maximum atomic E-state index is 13.1. The lowest BCUT2D eigenvalue weighted by Gasteiger charge is -2.45. The lowest BCUT2D eigenvalue weighted by Crippen LogP contribution is -2.48. The minimum Gasteiger partial charge on any atom is -0.497 e. The molecule has 0 bridgehead atoms. The Balaban J connectivity index is 1.51. The van der Waals surface area contributed by atoms with Crippen LogP contribution in [0.2, 0.25) is 0 Å². The highest BCUT2D eigenvalue weighted by Crippen LogP contribution is 2.42. The van der Waals surface area contributed by atoms with Crippen molar-refractivity contribution in [2.45, 2.75) is 24.9 Å². The van der Waals surface area contributed by atoms with E-state index in [4.69, 9.17) is 14.2 Å². The van der Waals surface area contributed by atoms with Crippen LogP contribution in [-0.4, -0.2) is 44.2 Å². The van der Waals surface area contributed by atoms with E-state index in [0.29, 0.717) is 37.6 Å². The van der Waals surface area contributed by atoms with Crippen LogP contribution in [0.3, 0.4) is 0 Å². The number of ether oxygens (including phenoxy) is 3. The Morgan fingerprint density at radius 2 is 2.03 bits per heavy atom. The third kappa shape index (κ3) is 3.75. The van der Waals surface area contributed by atoms with Crippen LogP contribution >= 0.6 is 0 Å². The Labute approximate surface area is 171 Å². The minimum absolute atomic E-state index is 0.00489. The second-order valence-corrected chi connectivity index (χ2v) is 7.50. The van der Waals surface area contributed by atoms with E-state index in [-0.39, 0.29) is 11.5 Å². The zero-order valence-electron chi connectivity index (χ0n) is 16.9. The summed E-state index contributed by atoms with van der Waals surface area (Å²) >= 11 is 0. The van der Waals surface area contributed by atoms with Gasteiger partial charge in [0.1, 0.15) is 18.1 Å². The van der Waals surface area contributed by atoms with Gasteiger partial charge in [-0.2, -0.15) is 0 Å². The molecule has 0 saturated carbocycles. The van der Waals surface area contributed by atoms with Crippen molar-refractivity contribution in [2.75, 3.05) is 33.4 Å². The number of nitrogens with zero attached hydrogens (tertiary/aromatic N) is 1. The van der Waals surface area contributed by atoms with Crippen molar-refractivity contribution < 1.29 is 19.0 Å². The minimum atomic E-state index is -0.310. The lowest BCUT2D eigenvalue weighted by molar-refractivity contribution is -0.0935. The van der Waals surface area contributed by atoms with Gasteiger partial charge in [-0.15, -0.1) is 0 Å². The number of hydrogen-bond donors (Lipinski definition) is 0. The molecular weight excluding hydrogens is 366 g/mol. The molecule has 29 heavy (non-hydrogen) atoms. The van der Waals surface area contributed by atoms with E-state index in [1.807, 2.05) is 35.2 Å². The van der Waals surface area contributed by atoms with Crippen LogP contribution in [-0.2, 0) is 16.8 Å². The quantitative estimate of drug-likeness (QED) is 0.722. The highest BCUT2D eigenvalue weighted by atomic mass is 16.5. The largest absolute Gasteiger partial charge is 0.497 e. The van der Waals surface area contributed by atoms with E-state index >= 15 is 0 Å². The smallest absolute Gasteiger partial charge is 0.257 e. The number of piperidine rings is 1. The second-order valence-electron chi connectivity index (χ2n) is 7.50. The second kappa shape index (κ2) is 8.29. The number of para-hydroxylation sites is 1. The molecular formula is C24H27NO4. The van der Waals surface area contributed by atoms with Crippen molar-refractivity contribution in [1.82, 2.24) is 4.90 Å². The van der Waals surface area contributed by atoms with Gasteiger partial charge >= 0.3 is 0 Å². The number of benzene rings is 2. The fraction of sp³-hybridized carbons (Fsp3) is 0.375. The number of carbonyl (C=O) groups excluding carboxylic acids is 1. The number of rotatable bonds is 5. The molecule has 2 heterocycles. The molecule has 2 aromatic rings. The van der Waals surface area contributed by atoms with Crippen LogP contribution in [0, 0.1) is 0 Å². The molecule has 1 saturated heterocycles.